The number of nitrogens with one attached hydrogen (secondary N) is 1. The Hall–Kier alpha value is -1.46. The molecule has 0 bridgehead atoms. The number of carbonyl (C=O) groups is 1. The summed E-state index contributed by atoms with van der Waals surface area (Å²) in [5.41, 5.74) is 0.764. The third kappa shape index (κ3) is 5.99. The van der Waals surface area contributed by atoms with Gasteiger partial charge in [-0.05, 0) is 17.7 Å². The van der Waals surface area contributed by atoms with E-state index in [-0.39, 0.29) is 31.4 Å². The first kappa shape index (κ1) is 13.6. The molecule has 2 N–H and O–H groups in total. The van der Waals surface area contributed by atoms with Crippen LogP contribution in [0.5, 0.6) is 0 Å². The van der Waals surface area contributed by atoms with Crippen LogP contribution in [0.4, 0.5) is 4.39 Å². The summed E-state index contributed by atoms with van der Waals surface area (Å²) in [6, 6.07) is 5.81. The maximum atomic E-state index is 12.6. The highest BCUT2D eigenvalue weighted by Crippen LogP contribution is 2.03. The number of amides is 1. The van der Waals surface area contributed by atoms with Gasteiger partial charge in [0.1, 0.15) is 5.82 Å². The number of benzene rings is 1. The Morgan fingerprint density at radius 3 is 2.65 bits per heavy atom. The van der Waals surface area contributed by atoms with E-state index in [4.69, 9.17) is 9.84 Å². The summed E-state index contributed by atoms with van der Waals surface area (Å²) in [6.45, 7) is 1.02. The molecular weight excluding hydrogens is 225 g/mol. The van der Waals surface area contributed by atoms with Crippen molar-refractivity contribution < 1.29 is 19.0 Å². The molecule has 0 radical (unpaired) electrons. The van der Waals surface area contributed by atoms with Crippen LogP contribution in [0, 0.1) is 5.82 Å². The fourth-order valence-electron chi connectivity index (χ4n) is 1.28. The summed E-state index contributed by atoms with van der Waals surface area (Å²) in [5.74, 6) is -0.448. The van der Waals surface area contributed by atoms with Crippen molar-refractivity contribution in [2.45, 2.75) is 6.42 Å². The molecule has 0 saturated carbocycles. The molecule has 1 rings (SSSR count). The van der Waals surface area contributed by atoms with Crippen LogP contribution >= 0.6 is 0 Å². The lowest BCUT2D eigenvalue weighted by atomic mass is 10.1. The molecule has 94 valence electrons. The van der Waals surface area contributed by atoms with Crippen molar-refractivity contribution >= 4 is 5.91 Å². The van der Waals surface area contributed by atoms with E-state index in [1.165, 1.54) is 12.1 Å². The van der Waals surface area contributed by atoms with Crippen LogP contribution in [0.15, 0.2) is 24.3 Å². The fourth-order valence-corrected chi connectivity index (χ4v) is 1.28. The Kier molecular flexibility index (Phi) is 6.21. The van der Waals surface area contributed by atoms with E-state index in [1.807, 2.05) is 0 Å². The second-order valence-electron chi connectivity index (χ2n) is 3.49. The van der Waals surface area contributed by atoms with Crippen LogP contribution in [0.3, 0.4) is 0 Å². The van der Waals surface area contributed by atoms with E-state index in [0.717, 1.165) is 5.56 Å². The van der Waals surface area contributed by atoms with Crippen LogP contribution < -0.4 is 5.32 Å². The Bertz CT molecular complexity index is 340. The quantitative estimate of drug-likeness (QED) is 0.683. The predicted octanol–water partition coefficient (Wildman–Crippen LogP) is 0.493. The average Bonchev–Trinajstić information content (AvgIpc) is 2.32. The highest BCUT2D eigenvalue weighted by atomic mass is 19.1. The molecule has 0 spiro atoms. The second-order valence-corrected chi connectivity index (χ2v) is 3.49. The Morgan fingerprint density at radius 2 is 2.00 bits per heavy atom. The minimum atomic E-state index is -0.313. The number of halogens is 1. The largest absolute Gasteiger partial charge is 0.394 e. The zero-order valence-electron chi connectivity index (χ0n) is 9.49. The van der Waals surface area contributed by atoms with Gasteiger partial charge in [-0.2, -0.15) is 0 Å². The predicted molar refractivity (Wildman–Crippen MR) is 61.0 cm³/mol. The molecule has 0 aliphatic carbocycles. The molecule has 1 aromatic carbocycles. The van der Waals surface area contributed by atoms with E-state index >= 15 is 0 Å². The van der Waals surface area contributed by atoms with Gasteiger partial charge in [0.25, 0.3) is 0 Å². The van der Waals surface area contributed by atoms with Crippen LogP contribution in [0.1, 0.15) is 5.56 Å². The van der Waals surface area contributed by atoms with E-state index in [2.05, 4.69) is 5.32 Å². The number of carbonyl (C=O) groups excluding carboxylic acids is 1. The van der Waals surface area contributed by atoms with E-state index in [1.54, 1.807) is 12.1 Å². The normalized spacial score (nSPS) is 10.2. The summed E-state index contributed by atoms with van der Waals surface area (Å²) in [7, 11) is 0. The van der Waals surface area contributed by atoms with E-state index in [9.17, 15) is 9.18 Å². The monoisotopic (exact) mass is 241 g/mol. The van der Waals surface area contributed by atoms with Crippen molar-refractivity contribution in [2.24, 2.45) is 0 Å². The van der Waals surface area contributed by atoms with Crippen LogP contribution in [0.2, 0.25) is 0 Å². The zero-order chi connectivity index (χ0) is 12.5. The average molecular weight is 241 g/mol. The van der Waals surface area contributed by atoms with Crippen molar-refractivity contribution in [3.8, 4) is 0 Å². The van der Waals surface area contributed by atoms with Gasteiger partial charge < -0.3 is 15.2 Å². The number of ether oxygens (including phenoxy) is 1. The summed E-state index contributed by atoms with van der Waals surface area (Å²) < 4.78 is 17.6. The molecule has 0 atom stereocenters. The summed E-state index contributed by atoms with van der Waals surface area (Å²) >= 11 is 0. The minimum Gasteiger partial charge on any atom is -0.394 e. The van der Waals surface area contributed by atoms with E-state index < -0.39 is 0 Å². The number of aliphatic hydroxyl groups excluding tert-OH is 1. The summed E-state index contributed by atoms with van der Waals surface area (Å²) in [5, 5.41) is 11.1. The second kappa shape index (κ2) is 7.76. The molecule has 0 saturated heterocycles. The van der Waals surface area contributed by atoms with Gasteiger partial charge in [0.05, 0.1) is 26.2 Å². The Labute approximate surface area is 99.4 Å². The minimum absolute atomic E-state index is 0.0243. The molecule has 0 unspecified atom stereocenters. The van der Waals surface area contributed by atoms with Gasteiger partial charge in [-0.3, -0.25) is 4.79 Å². The number of hydrogen-bond donors (Lipinski definition) is 2. The molecule has 17 heavy (non-hydrogen) atoms. The molecule has 0 heterocycles. The molecule has 1 aromatic rings. The van der Waals surface area contributed by atoms with Gasteiger partial charge in [0.2, 0.25) is 5.91 Å². The van der Waals surface area contributed by atoms with Crippen molar-refractivity contribution in [3.05, 3.63) is 35.6 Å². The standard InChI is InChI=1S/C12H16FNO3/c13-11-3-1-10(2-4-11)9-12(16)14-5-7-17-8-6-15/h1-4,15H,5-9H2,(H,14,16). The first-order chi connectivity index (χ1) is 8.22. The third-order valence-corrected chi connectivity index (χ3v) is 2.08. The van der Waals surface area contributed by atoms with Crippen molar-refractivity contribution in [3.63, 3.8) is 0 Å². The van der Waals surface area contributed by atoms with Gasteiger partial charge in [0.15, 0.2) is 0 Å². The van der Waals surface area contributed by atoms with E-state index in [0.29, 0.717) is 13.2 Å². The van der Waals surface area contributed by atoms with Crippen LogP contribution in [0.25, 0.3) is 0 Å². The van der Waals surface area contributed by atoms with Gasteiger partial charge in [-0.15, -0.1) is 0 Å². The maximum absolute atomic E-state index is 12.6. The van der Waals surface area contributed by atoms with Gasteiger partial charge in [0, 0.05) is 6.54 Å². The third-order valence-electron chi connectivity index (χ3n) is 2.08. The first-order valence-corrected chi connectivity index (χ1v) is 5.42. The smallest absolute Gasteiger partial charge is 0.224 e. The van der Waals surface area contributed by atoms with Crippen molar-refractivity contribution in [2.75, 3.05) is 26.4 Å². The first-order valence-electron chi connectivity index (χ1n) is 5.42. The number of hydrogen-bond acceptors (Lipinski definition) is 3. The SMILES string of the molecule is O=C(Cc1ccc(F)cc1)NCCOCCO. The van der Waals surface area contributed by atoms with Crippen molar-refractivity contribution in [1.82, 2.24) is 5.32 Å². The van der Waals surface area contributed by atoms with Crippen LogP contribution in [-0.2, 0) is 16.0 Å². The fraction of sp³-hybridized carbons (Fsp3) is 0.417. The lowest BCUT2D eigenvalue weighted by Crippen LogP contribution is -2.28. The van der Waals surface area contributed by atoms with Crippen LogP contribution in [-0.4, -0.2) is 37.4 Å². The van der Waals surface area contributed by atoms with Gasteiger partial charge >= 0.3 is 0 Å². The summed E-state index contributed by atoms with van der Waals surface area (Å²) in [4.78, 5) is 11.4. The topological polar surface area (TPSA) is 58.6 Å². The number of aliphatic hydroxyl groups is 1. The molecular formula is C12H16FNO3. The highest BCUT2D eigenvalue weighted by Gasteiger charge is 2.02. The Balaban J connectivity index is 2.18. The molecule has 5 heteroatoms. The lowest BCUT2D eigenvalue weighted by Gasteiger charge is -2.05. The molecule has 1 amide bonds. The highest BCUT2D eigenvalue weighted by molar-refractivity contribution is 5.78. The van der Waals surface area contributed by atoms with Crippen molar-refractivity contribution in [1.29, 1.82) is 0 Å². The Morgan fingerprint density at radius 1 is 1.29 bits per heavy atom. The molecule has 0 fully saturated rings. The molecule has 0 aliphatic rings. The van der Waals surface area contributed by atoms with Gasteiger partial charge in [-0.25, -0.2) is 4.39 Å². The zero-order valence-corrected chi connectivity index (χ0v) is 9.49. The molecule has 0 aromatic heterocycles. The van der Waals surface area contributed by atoms with Gasteiger partial charge in [-0.1, -0.05) is 12.1 Å². The molecule has 4 nitrogen and oxygen atoms in total. The maximum Gasteiger partial charge on any atom is 0.224 e. The lowest BCUT2D eigenvalue weighted by molar-refractivity contribution is -0.120. The molecule has 0 aliphatic heterocycles. The number of rotatable bonds is 7. The summed E-state index contributed by atoms with van der Waals surface area (Å²) in [6.07, 6.45) is 0.222.